The smallest absolute Gasteiger partial charge is 0.234 e. The maximum Gasteiger partial charge on any atom is 0.234 e. The van der Waals surface area contributed by atoms with Gasteiger partial charge in [-0.2, -0.15) is 0 Å². The number of carbonyl (C=O) groups is 1. The van der Waals surface area contributed by atoms with Gasteiger partial charge in [0, 0.05) is 27.0 Å². The molecule has 1 N–H and O–H groups in total. The zero-order valence-electron chi connectivity index (χ0n) is 16.5. The molecule has 4 aromatic rings. The summed E-state index contributed by atoms with van der Waals surface area (Å²) >= 11 is 13.4. The standard InChI is InChI=1S/C23H18Cl2N4OS/c1-15-3-2-4-19(13-15)26-21(30)14-31-23-28-27-22(16-5-7-17(24)8-6-16)29(23)20-11-9-18(25)10-12-20/h2-13H,14H2,1H3,(H,26,30). The van der Waals surface area contributed by atoms with Crippen molar-refractivity contribution in [2.75, 3.05) is 11.1 Å². The molecular formula is C23H18Cl2N4OS. The fourth-order valence-corrected chi connectivity index (χ4v) is 4.03. The minimum absolute atomic E-state index is 0.116. The number of aromatic nitrogens is 3. The lowest BCUT2D eigenvalue weighted by Crippen LogP contribution is -2.14. The Hall–Kier alpha value is -2.80. The van der Waals surface area contributed by atoms with E-state index in [-0.39, 0.29) is 11.7 Å². The quantitative estimate of drug-likeness (QED) is 0.338. The highest BCUT2D eigenvalue weighted by atomic mass is 35.5. The molecule has 5 nitrogen and oxygen atoms in total. The molecule has 3 aromatic carbocycles. The van der Waals surface area contributed by atoms with Crippen LogP contribution in [0.4, 0.5) is 5.69 Å². The highest BCUT2D eigenvalue weighted by Gasteiger charge is 2.17. The summed E-state index contributed by atoms with van der Waals surface area (Å²) in [5, 5.41) is 13.5. The monoisotopic (exact) mass is 468 g/mol. The molecule has 0 bridgehead atoms. The van der Waals surface area contributed by atoms with Crippen LogP contribution in [0.1, 0.15) is 5.56 Å². The van der Waals surface area contributed by atoms with Crippen molar-refractivity contribution in [3.63, 3.8) is 0 Å². The van der Waals surface area contributed by atoms with Gasteiger partial charge in [0.05, 0.1) is 5.75 Å². The van der Waals surface area contributed by atoms with Crippen molar-refractivity contribution in [2.45, 2.75) is 12.1 Å². The summed E-state index contributed by atoms with van der Waals surface area (Å²) in [7, 11) is 0. The van der Waals surface area contributed by atoms with E-state index >= 15 is 0 Å². The fourth-order valence-electron chi connectivity index (χ4n) is 3.02. The lowest BCUT2D eigenvalue weighted by molar-refractivity contribution is -0.113. The molecule has 1 amide bonds. The van der Waals surface area contributed by atoms with Gasteiger partial charge in [-0.05, 0) is 73.2 Å². The zero-order valence-corrected chi connectivity index (χ0v) is 18.9. The molecule has 0 fully saturated rings. The average Bonchev–Trinajstić information content (AvgIpc) is 3.17. The number of hydrogen-bond acceptors (Lipinski definition) is 4. The Morgan fingerprint density at radius 1 is 0.968 bits per heavy atom. The first-order valence-corrected chi connectivity index (χ1v) is 11.2. The van der Waals surface area contributed by atoms with Crippen molar-refractivity contribution < 1.29 is 4.79 Å². The second-order valence-electron chi connectivity index (χ2n) is 6.83. The molecule has 4 rings (SSSR count). The largest absolute Gasteiger partial charge is 0.325 e. The molecule has 8 heteroatoms. The first-order valence-electron chi connectivity index (χ1n) is 9.46. The summed E-state index contributed by atoms with van der Waals surface area (Å²) in [4.78, 5) is 12.5. The number of thioether (sulfide) groups is 1. The molecule has 156 valence electrons. The number of rotatable bonds is 6. The number of halogens is 2. The molecule has 1 heterocycles. The van der Waals surface area contributed by atoms with Crippen LogP contribution in [0.3, 0.4) is 0 Å². The maximum absolute atomic E-state index is 12.5. The minimum atomic E-state index is -0.116. The van der Waals surface area contributed by atoms with E-state index in [2.05, 4.69) is 15.5 Å². The van der Waals surface area contributed by atoms with Crippen LogP contribution in [0, 0.1) is 6.92 Å². The van der Waals surface area contributed by atoms with Crippen molar-refractivity contribution in [3.8, 4) is 17.1 Å². The Balaban J connectivity index is 1.60. The number of nitrogens with one attached hydrogen (secondary N) is 1. The number of anilines is 1. The fraction of sp³-hybridized carbons (Fsp3) is 0.0870. The van der Waals surface area contributed by atoms with Crippen LogP contribution >= 0.6 is 35.0 Å². The molecule has 0 radical (unpaired) electrons. The molecule has 0 atom stereocenters. The first kappa shape index (κ1) is 21.4. The average molecular weight is 469 g/mol. The van der Waals surface area contributed by atoms with Crippen molar-refractivity contribution in [1.29, 1.82) is 0 Å². The minimum Gasteiger partial charge on any atom is -0.325 e. The Kier molecular flexibility index (Phi) is 6.61. The number of amides is 1. The van der Waals surface area contributed by atoms with Gasteiger partial charge in [-0.3, -0.25) is 9.36 Å². The Morgan fingerprint density at radius 2 is 1.65 bits per heavy atom. The molecule has 0 aliphatic rings. The van der Waals surface area contributed by atoms with Crippen LogP contribution in [0.5, 0.6) is 0 Å². The number of hydrogen-bond donors (Lipinski definition) is 1. The second-order valence-corrected chi connectivity index (χ2v) is 8.65. The van der Waals surface area contributed by atoms with Crippen LogP contribution < -0.4 is 5.32 Å². The molecule has 0 unspecified atom stereocenters. The molecule has 0 spiro atoms. The topological polar surface area (TPSA) is 59.8 Å². The Bertz CT molecular complexity index is 1210. The maximum atomic E-state index is 12.5. The zero-order chi connectivity index (χ0) is 21.8. The third-order valence-corrected chi connectivity index (χ3v) is 5.89. The second kappa shape index (κ2) is 9.56. The van der Waals surface area contributed by atoms with Gasteiger partial charge < -0.3 is 5.32 Å². The van der Waals surface area contributed by atoms with E-state index in [0.29, 0.717) is 21.0 Å². The lowest BCUT2D eigenvalue weighted by atomic mass is 10.2. The van der Waals surface area contributed by atoms with Crippen molar-refractivity contribution in [2.24, 2.45) is 0 Å². The van der Waals surface area contributed by atoms with E-state index in [1.807, 2.05) is 60.0 Å². The number of benzene rings is 3. The van der Waals surface area contributed by atoms with Gasteiger partial charge in [-0.25, -0.2) is 0 Å². The SMILES string of the molecule is Cc1cccc(NC(=O)CSc2nnc(-c3ccc(Cl)cc3)n2-c2ccc(Cl)cc2)c1. The summed E-state index contributed by atoms with van der Waals surface area (Å²) in [6.07, 6.45) is 0. The molecular weight excluding hydrogens is 451 g/mol. The van der Waals surface area contributed by atoms with Gasteiger partial charge in [0.15, 0.2) is 11.0 Å². The molecule has 0 aliphatic heterocycles. The Labute approximate surface area is 194 Å². The molecule has 0 saturated heterocycles. The summed E-state index contributed by atoms with van der Waals surface area (Å²) in [5.74, 6) is 0.732. The van der Waals surface area contributed by atoms with Crippen LogP contribution in [0.15, 0.2) is 78.0 Å². The Morgan fingerprint density at radius 3 is 2.32 bits per heavy atom. The third-order valence-electron chi connectivity index (χ3n) is 4.45. The van der Waals surface area contributed by atoms with Crippen LogP contribution in [0.25, 0.3) is 17.1 Å². The van der Waals surface area contributed by atoms with E-state index in [1.54, 1.807) is 24.3 Å². The molecule has 0 saturated carbocycles. The first-order chi connectivity index (χ1) is 15.0. The van der Waals surface area contributed by atoms with Crippen molar-refractivity contribution in [3.05, 3.63) is 88.4 Å². The van der Waals surface area contributed by atoms with Gasteiger partial charge in [0.1, 0.15) is 0 Å². The van der Waals surface area contributed by atoms with Crippen LogP contribution in [-0.4, -0.2) is 26.4 Å². The summed E-state index contributed by atoms with van der Waals surface area (Å²) in [6, 6.07) is 22.5. The van der Waals surface area contributed by atoms with Crippen LogP contribution in [0.2, 0.25) is 10.0 Å². The number of nitrogens with zero attached hydrogens (tertiary/aromatic N) is 3. The highest BCUT2D eigenvalue weighted by molar-refractivity contribution is 7.99. The van der Waals surface area contributed by atoms with Gasteiger partial charge in [-0.1, -0.05) is 47.1 Å². The summed E-state index contributed by atoms with van der Waals surface area (Å²) in [5.41, 5.74) is 3.57. The van der Waals surface area contributed by atoms with E-state index in [0.717, 1.165) is 22.5 Å². The predicted octanol–water partition coefficient (Wildman–Crippen LogP) is 6.28. The van der Waals surface area contributed by atoms with Gasteiger partial charge in [0.25, 0.3) is 0 Å². The van der Waals surface area contributed by atoms with E-state index < -0.39 is 0 Å². The van der Waals surface area contributed by atoms with Crippen molar-refractivity contribution in [1.82, 2.24) is 14.8 Å². The van der Waals surface area contributed by atoms with E-state index in [4.69, 9.17) is 23.2 Å². The summed E-state index contributed by atoms with van der Waals surface area (Å²) < 4.78 is 1.91. The number of aryl methyl sites for hydroxylation is 1. The van der Waals surface area contributed by atoms with Gasteiger partial charge in [-0.15, -0.1) is 10.2 Å². The third kappa shape index (κ3) is 5.28. The number of carbonyl (C=O) groups excluding carboxylic acids is 1. The van der Waals surface area contributed by atoms with E-state index in [9.17, 15) is 4.79 Å². The van der Waals surface area contributed by atoms with Crippen LogP contribution in [-0.2, 0) is 4.79 Å². The predicted molar refractivity (Wildman–Crippen MR) is 127 cm³/mol. The van der Waals surface area contributed by atoms with E-state index in [1.165, 1.54) is 11.8 Å². The van der Waals surface area contributed by atoms with Gasteiger partial charge >= 0.3 is 0 Å². The lowest BCUT2D eigenvalue weighted by Gasteiger charge is -2.11. The normalized spacial score (nSPS) is 10.8. The van der Waals surface area contributed by atoms with Crippen molar-refractivity contribution >= 4 is 46.6 Å². The molecule has 0 aliphatic carbocycles. The highest BCUT2D eigenvalue weighted by Crippen LogP contribution is 2.29. The van der Waals surface area contributed by atoms with Gasteiger partial charge in [0.2, 0.25) is 5.91 Å². The molecule has 31 heavy (non-hydrogen) atoms. The molecule has 1 aromatic heterocycles. The summed E-state index contributed by atoms with van der Waals surface area (Å²) in [6.45, 7) is 1.98.